The summed E-state index contributed by atoms with van der Waals surface area (Å²) < 4.78 is 0. The number of hydrogen-bond acceptors (Lipinski definition) is 2. The van der Waals surface area contributed by atoms with Gasteiger partial charge in [-0.1, -0.05) is 37.6 Å². The van der Waals surface area contributed by atoms with E-state index >= 15 is 0 Å². The van der Waals surface area contributed by atoms with Crippen molar-refractivity contribution in [1.29, 1.82) is 0 Å². The van der Waals surface area contributed by atoms with Gasteiger partial charge in [0.25, 0.3) is 0 Å². The summed E-state index contributed by atoms with van der Waals surface area (Å²) >= 11 is 5.84. The quantitative estimate of drug-likeness (QED) is 0.807. The fourth-order valence-electron chi connectivity index (χ4n) is 1.68. The van der Waals surface area contributed by atoms with Gasteiger partial charge < -0.3 is 10.6 Å². The summed E-state index contributed by atoms with van der Waals surface area (Å²) in [5.41, 5.74) is 1.12. The molecule has 0 aromatic heterocycles. The molecule has 0 fully saturated rings. The van der Waals surface area contributed by atoms with Gasteiger partial charge in [0, 0.05) is 17.6 Å². The van der Waals surface area contributed by atoms with Crippen LogP contribution in [0.15, 0.2) is 24.3 Å². The fourth-order valence-corrected chi connectivity index (χ4v) is 1.80. The SMILES string of the molecule is CC(C)CCNC(=O)CN[C@H](C)c1ccc(Cl)cc1. The van der Waals surface area contributed by atoms with Crippen molar-refractivity contribution in [2.45, 2.75) is 33.2 Å². The molecule has 19 heavy (non-hydrogen) atoms. The number of rotatable bonds is 7. The Labute approximate surface area is 120 Å². The van der Waals surface area contributed by atoms with Crippen LogP contribution in [0.2, 0.25) is 5.02 Å². The van der Waals surface area contributed by atoms with E-state index in [0.29, 0.717) is 12.5 Å². The zero-order valence-electron chi connectivity index (χ0n) is 11.9. The highest BCUT2D eigenvalue weighted by molar-refractivity contribution is 6.30. The third-order valence-electron chi connectivity index (χ3n) is 2.98. The van der Waals surface area contributed by atoms with Gasteiger partial charge in [-0.15, -0.1) is 0 Å². The largest absolute Gasteiger partial charge is 0.355 e. The van der Waals surface area contributed by atoms with Crippen LogP contribution in [0.1, 0.15) is 38.8 Å². The van der Waals surface area contributed by atoms with Crippen LogP contribution in [0.3, 0.4) is 0 Å². The maximum atomic E-state index is 11.6. The van der Waals surface area contributed by atoms with E-state index in [2.05, 4.69) is 24.5 Å². The molecule has 106 valence electrons. The minimum Gasteiger partial charge on any atom is -0.355 e. The molecule has 1 aromatic rings. The van der Waals surface area contributed by atoms with Crippen molar-refractivity contribution in [2.24, 2.45) is 5.92 Å². The van der Waals surface area contributed by atoms with E-state index in [1.807, 2.05) is 31.2 Å². The van der Waals surface area contributed by atoms with E-state index in [0.717, 1.165) is 23.6 Å². The summed E-state index contributed by atoms with van der Waals surface area (Å²) in [6.45, 7) is 7.40. The predicted octanol–water partition coefficient (Wildman–Crippen LogP) is 3.15. The second-order valence-electron chi connectivity index (χ2n) is 5.19. The Kier molecular flexibility index (Phi) is 6.89. The second kappa shape index (κ2) is 8.18. The minimum absolute atomic E-state index is 0.0430. The monoisotopic (exact) mass is 282 g/mol. The molecule has 0 radical (unpaired) electrons. The molecule has 0 unspecified atom stereocenters. The molecule has 0 spiro atoms. The Bertz CT molecular complexity index is 390. The maximum absolute atomic E-state index is 11.6. The van der Waals surface area contributed by atoms with E-state index in [4.69, 9.17) is 11.6 Å². The zero-order valence-corrected chi connectivity index (χ0v) is 12.6. The number of benzene rings is 1. The lowest BCUT2D eigenvalue weighted by Gasteiger charge is -2.14. The third-order valence-corrected chi connectivity index (χ3v) is 3.23. The van der Waals surface area contributed by atoms with E-state index in [-0.39, 0.29) is 11.9 Å². The Hall–Kier alpha value is -1.06. The molecule has 3 nitrogen and oxygen atoms in total. The fraction of sp³-hybridized carbons (Fsp3) is 0.533. The molecule has 0 aliphatic rings. The van der Waals surface area contributed by atoms with Crippen molar-refractivity contribution < 1.29 is 4.79 Å². The van der Waals surface area contributed by atoms with Gasteiger partial charge in [0.15, 0.2) is 0 Å². The van der Waals surface area contributed by atoms with Crippen LogP contribution in [0.25, 0.3) is 0 Å². The van der Waals surface area contributed by atoms with E-state index in [9.17, 15) is 4.79 Å². The van der Waals surface area contributed by atoms with Crippen LogP contribution in [-0.2, 0) is 4.79 Å². The van der Waals surface area contributed by atoms with Crippen molar-refractivity contribution in [3.8, 4) is 0 Å². The summed E-state index contributed by atoms with van der Waals surface area (Å²) in [7, 11) is 0. The predicted molar refractivity (Wildman–Crippen MR) is 80.3 cm³/mol. The Morgan fingerprint density at radius 3 is 2.42 bits per heavy atom. The maximum Gasteiger partial charge on any atom is 0.233 e. The van der Waals surface area contributed by atoms with E-state index < -0.39 is 0 Å². The van der Waals surface area contributed by atoms with Gasteiger partial charge in [0.2, 0.25) is 5.91 Å². The van der Waals surface area contributed by atoms with Gasteiger partial charge in [0.05, 0.1) is 6.54 Å². The minimum atomic E-state index is 0.0430. The molecule has 4 heteroatoms. The van der Waals surface area contributed by atoms with Crippen molar-refractivity contribution in [3.05, 3.63) is 34.9 Å². The smallest absolute Gasteiger partial charge is 0.233 e. The summed E-state index contributed by atoms with van der Waals surface area (Å²) in [5.74, 6) is 0.655. The first-order valence-electron chi connectivity index (χ1n) is 6.74. The molecular weight excluding hydrogens is 260 g/mol. The van der Waals surface area contributed by atoms with Gasteiger partial charge in [-0.2, -0.15) is 0 Å². The molecule has 1 atom stereocenters. The highest BCUT2D eigenvalue weighted by Crippen LogP contribution is 2.15. The molecule has 1 amide bonds. The number of hydrogen-bond donors (Lipinski definition) is 2. The Morgan fingerprint density at radius 1 is 1.21 bits per heavy atom. The summed E-state index contributed by atoms with van der Waals surface area (Å²) in [6, 6.07) is 7.79. The average Bonchev–Trinajstić information content (AvgIpc) is 2.36. The molecule has 2 N–H and O–H groups in total. The topological polar surface area (TPSA) is 41.1 Å². The number of amides is 1. The lowest BCUT2D eigenvalue weighted by molar-refractivity contribution is -0.120. The standard InChI is InChI=1S/C15H23ClN2O/c1-11(2)8-9-17-15(19)10-18-12(3)13-4-6-14(16)7-5-13/h4-7,11-12,18H,8-10H2,1-3H3,(H,17,19)/t12-/m1/s1. The number of carbonyl (C=O) groups is 1. The van der Waals surface area contributed by atoms with Gasteiger partial charge in [-0.3, -0.25) is 4.79 Å². The lowest BCUT2D eigenvalue weighted by atomic mass is 10.1. The van der Waals surface area contributed by atoms with E-state index in [1.165, 1.54) is 0 Å². The van der Waals surface area contributed by atoms with Gasteiger partial charge in [-0.25, -0.2) is 0 Å². The van der Waals surface area contributed by atoms with Crippen molar-refractivity contribution in [1.82, 2.24) is 10.6 Å². The Morgan fingerprint density at radius 2 is 1.84 bits per heavy atom. The molecule has 0 saturated heterocycles. The van der Waals surface area contributed by atoms with Gasteiger partial charge in [-0.05, 0) is 37.0 Å². The molecule has 0 bridgehead atoms. The first-order chi connectivity index (χ1) is 8.99. The van der Waals surface area contributed by atoms with E-state index in [1.54, 1.807) is 0 Å². The Balaban J connectivity index is 2.27. The average molecular weight is 283 g/mol. The molecule has 1 rings (SSSR count). The van der Waals surface area contributed by atoms with Crippen molar-refractivity contribution >= 4 is 17.5 Å². The molecule has 0 aliphatic heterocycles. The number of halogens is 1. The summed E-state index contributed by atoms with van der Waals surface area (Å²) in [5, 5.41) is 6.83. The molecule has 1 aromatic carbocycles. The number of nitrogens with one attached hydrogen (secondary N) is 2. The molecular formula is C15H23ClN2O. The second-order valence-corrected chi connectivity index (χ2v) is 5.62. The molecule has 0 heterocycles. The molecule has 0 aliphatic carbocycles. The van der Waals surface area contributed by atoms with Crippen LogP contribution in [0.4, 0.5) is 0 Å². The van der Waals surface area contributed by atoms with Crippen molar-refractivity contribution in [3.63, 3.8) is 0 Å². The lowest BCUT2D eigenvalue weighted by Crippen LogP contribution is -2.35. The summed E-state index contributed by atoms with van der Waals surface area (Å²) in [4.78, 5) is 11.6. The number of carbonyl (C=O) groups excluding carboxylic acids is 1. The van der Waals surface area contributed by atoms with Crippen LogP contribution < -0.4 is 10.6 Å². The zero-order chi connectivity index (χ0) is 14.3. The van der Waals surface area contributed by atoms with Gasteiger partial charge in [0.1, 0.15) is 0 Å². The molecule has 0 saturated carbocycles. The van der Waals surface area contributed by atoms with Gasteiger partial charge >= 0.3 is 0 Å². The first kappa shape index (κ1) is 16.0. The highest BCUT2D eigenvalue weighted by Gasteiger charge is 2.07. The van der Waals surface area contributed by atoms with Crippen LogP contribution in [0.5, 0.6) is 0 Å². The van der Waals surface area contributed by atoms with Crippen molar-refractivity contribution in [2.75, 3.05) is 13.1 Å². The van der Waals surface area contributed by atoms with Crippen LogP contribution in [0, 0.1) is 5.92 Å². The highest BCUT2D eigenvalue weighted by atomic mass is 35.5. The summed E-state index contributed by atoms with van der Waals surface area (Å²) in [6.07, 6.45) is 1.01. The third kappa shape index (κ3) is 6.60. The normalized spacial score (nSPS) is 12.5. The van der Waals surface area contributed by atoms with Crippen LogP contribution >= 0.6 is 11.6 Å². The first-order valence-corrected chi connectivity index (χ1v) is 7.12. The van der Waals surface area contributed by atoms with Crippen LogP contribution in [-0.4, -0.2) is 19.0 Å².